The van der Waals surface area contributed by atoms with Crippen molar-refractivity contribution in [3.8, 4) is 5.69 Å². The van der Waals surface area contributed by atoms with E-state index in [1.54, 1.807) is 24.0 Å². The highest BCUT2D eigenvalue weighted by atomic mass is 16.4. The summed E-state index contributed by atoms with van der Waals surface area (Å²) in [5, 5.41) is 22.3. The predicted octanol–water partition coefficient (Wildman–Crippen LogP) is 2.25. The first-order valence-corrected chi connectivity index (χ1v) is 8.83. The molecule has 1 saturated carbocycles. The first-order valence-electron chi connectivity index (χ1n) is 8.83. The molecule has 2 N–H and O–H groups in total. The highest BCUT2D eigenvalue weighted by Crippen LogP contribution is 2.30. The lowest BCUT2D eigenvalue weighted by atomic mass is 9.97. The fourth-order valence-corrected chi connectivity index (χ4v) is 3.71. The van der Waals surface area contributed by atoms with E-state index in [2.05, 4.69) is 20.6 Å². The SMILES string of the molecule is Cc1c(C(=O)NC2(C(=O)O)CCCC2)nnn1-c1cccc2cnccc12. The van der Waals surface area contributed by atoms with Gasteiger partial charge in [-0.25, -0.2) is 9.48 Å². The molecular formula is C19H19N5O3. The van der Waals surface area contributed by atoms with Crippen LogP contribution in [0.3, 0.4) is 0 Å². The number of pyridine rings is 1. The maximum absolute atomic E-state index is 12.7. The Morgan fingerprint density at radius 1 is 1.22 bits per heavy atom. The summed E-state index contributed by atoms with van der Waals surface area (Å²) in [6.07, 6.45) is 5.87. The van der Waals surface area contributed by atoms with Crippen LogP contribution in [-0.2, 0) is 4.79 Å². The fraction of sp³-hybridized carbons (Fsp3) is 0.316. The zero-order valence-corrected chi connectivity index (χ0v) is 14.8. The minimum Gasteiger partial charge on any atom is -0.480 e. The first kappa shape index (κ1) is 17.1. The van der Waals surface area contributed by atoms with Gasteiger partial charge >= 0.3 is 5.97 Å². The Hall–Kier alpha value is -3.29. The lowest BCUT2D eigenvalue weighted by molar-refractivity contribution is -0.144. The Morgan fingerprint density at radius 3 is 2.74 bits per heavy atom. The molecule has 4 rings (SSSR count). The summed E-state index contributed by atoms with van der Waals surface area (Å²) in [5.74, 6) is -1.51. The number of carboxylic acid groups (broad SMARTS) is 1. The van der Waals surface area contributed by atoms with Crippen LogP contribution in [0.2, 0.25) is 0 Å². The maximum Gasteiger partial charge on any atom is 0.329 e. The van der Waals surface area contributed by atoms with Crippen LogP contribution in [0.5, 0.6) is 0 Å². The minimum atomic E-state index is -1.21. The van der Waals surface area contributed by atoms with E-state index < -0.39 is 17.4 Å². The molecule has 8 heteroatoms. The van der Waals surface area contributed by atoms with Crippen molar-refractivity contribution < 1.29 is 14.7 Å². The van der Waals surface area contributed by atoms with Crippen LogP contribution < -0.4 is 5.32 Å². The smallest absolute Gasteiger partial charge is 0.329 e. The van der Waals surface area contributed by atoms with Gasteiger partial charge in [0, 0.05) is 23.2 Å². The molecule has 138 valence electrons. The molecule has 2 aromatic heterocycles. The number of carbonyl (C=O) groups excluding carboxylic acids is 1. The second kappa shape index (κ2) is 6.46. The Kier molecular flexibility index (Phi) is 4.10. The molecule has 0 bridgehead atoms. The number of fused-ring (bicyclic) bond motifs is 1. The van der Waals surface area contributed by atoms with Crippen molar-refractivity contribution >= 4 is 22.6 Å². The number of hydrogen-bond acceptors (Lipinski definition) is 5. The highest BCUT2D eigenvalue weighted by molar-refractivity contribution is 5.97. The third-order valence-electron chi connectivity index (χ3n) is 5.21. The number of hydrogen-bond donors (Lipinski definition) is 2. The third-order valence-corrected chi connectivity index (χ3v) is 5.21. The summed E-state index contributed by atoms with van der Waals surface area (Å²) in [6, 6.07) is 7.60. The molecule has 1 fully saturated rings. The Morgan fingerprint density at radius 2 is 2.00 bits per heavy atom. The molecule has 0 radical (unpaired) electrons. The molecule has 1 aromatic carbocycles. The highest BCUT2D eigenvalue weighted by Gasteiger charge is 2.43. The summed E-state index contributed by atoms with van der Waals surface area (Å²) in [6.45, 7) is 1.75. The van der Waals surface area contributed by atoms with E-state index in [4.69, 9.17) is 0 Å². The molecule has 3 aromatic rings. The van der Waals surface area contributed by atoms with Gasteiger partial charge in [-0.15, -0.1) is 5.10 Å². The molecule has 0 spiro atoms. The molecule has 1 amide bonds. The van der Waals surface area contributed by atoms with Crippen molar-refractivity contribution in [1.29, 1.82) is 0 Å². The van der Waals surface area contributed by atoms with Gasteiger partial charge in [-0.3, -0.25) is 9.78 Å². The third kappa shape index (κ3) is 2.83. The van der Waals surface area contributed by atoms with Gasteiger partial charge in [0.15, 0.2) is 5.69 Å². The molecule has 0 atom stereocenters. The van der Waals surface area contributed by atoms with Gasteiger partial charge in [-0.1, -0.05) is 30.2 Å². The summed E-state index contributed by atoms with van der Waals surface area (Å²) >= 11 is 0. The molecule has 0 aliphatic heterocycles. The molecule has 0 unspecified atom stereocenters. The van der Waals surface area contributed by atoms with Crippen LogP contribution in [0.25, 0.3) is 16.5 Å². The van der Waals surface area contributed by atoms with Crippen LogP contribution in [0.1, 0.15) is 41.9 Å². The average molecular weight is 365 g/mol. The molecule has 27 heavy (non-hydrogen) atoms. The Balaban J connectivity index is 1.70. The van der Waals surface area contributed by atoms with E-state index in [1.807, 2.05) is 24.3 Å². The van der Waals surface area contributed by atoms with Crippen molar-refractivity contribution in [2.24, 2.45) is 0 Å². The Labute approximate surface area is 155 Å². The minimum absolute atomic E-state index is 0.133. The number of carboxylic acids is 1. The molecular weight excluding hydrogens is 346 g/mol. The van der Waals surface area contributed by atoms with E-state index in [9.17, 15) is 14.7 Å². The number of aliphatic carboxylic acids is 1. The zero-order valence-electron chi connectivity index (χ0n) is 14.8. The van der Waals surface area contributed by atoms with E-state index in [0.29, 0.717) is 18.5 Å². The normalized spacial score (nSPS) is 15.7. The fourth-order valence-electron chi connectivity index (χ4n) is 3.71. The van der Waals surface area contributed by atoms with Gasteiger partial charge in [0.2, 0.25) is 0 Å². The van der Waals surface area contributed by atoms with Gasteiger partial charge in [0.1, 0.15) is 5.54 Å². The van der Waals surface area contributed by atoms with Crippen molar-refractivity contribution in [3.63, 3.8) is 0 Å². The van der Waals surface area contributed by atoms with Crippen LogP contribution in [0.15, 0.2) is 36.7 Å². The predicted molar refractivity (Wildman–Crippen MR) is 97.7 cm³/mol. The monoisotopic (exact) mass is 365 g/mol. The molecule has 1 aliphatic rings. The van der Waals surface area contributed by atoms with Gasteiger partial charge < -0.3 is 10.4 Å². The summed E-state index contributed by atoms with van der Waals surface area (Å²) in [4.78, 5) is 28.5. The zero-order chi connectivity index (χ0) is 19.0. The van der Waals surface area contributed by atoms with Gasteiger partial charge in [-0.2, -0.15) is 0 Å². The van der Waals surface area contributed by atoms with Crippen molar-refractivity contribution in [3.05, 3.63) is 48.0 Å². The van der Waals surface area contributed by atoms with Crippen molar-refractivity contribution in [1.82, 2.24) is 25.3 Å². The van der Waals surface area contributed by atoms with Crippen LogP contribution in [0, 0.1) is 6.92 Å². The summed E-state index contributed by atoms with van der Waals surface area (Å²) in [5.41, 5.74) is 0.259. The van der Waals surface area contributed by atoms with E-state index >= 15 is 0 Å². The van der Waals surface area contributed by atoms with Crippen molar-refractivity contribution in [2.45, 2.75) is 38.1 Å². The van der Waals surface area contributed by atoms with Crippen molar-refractivity contribution in [2.75, 3.05) is 0 Å². The largest absolute Gasteiger partial charge is 0.480 e. The van der Waals surface area contributed by atoms with E-state index in [-0.39, 0.29) is 5.69 Å². The number of aromatic nitrogens is 4. The quantitative estimate of drug-likeness (QED) is 0.734. The van der Waals surface area contributed by atoms with Gasteiger partial charge in [0.25, 0.3) is 5.91 Å². The lowest BCUT2D eigenvalue weighted by Crippen LogP contribution is -2.52. The number of nitrogens with one attached hydrogen (secondary N) is 1. The van der Waals surface area contributed by atoms with Crippen LogP contribution in [-0.4, -0.2) is 42.5 Å². The first-order chi connectivity index (χ1) is 13.0. The summed E-state index contributed by atoms with van der Waals surface area (Å²) in [7, 11) is 0. The van der Waals surface area contributed by atoms with E-state index in [0.717, 1.165) is 29.3 Å². The second-order valence-corrected chi connectivity index (χ2v) is 6.86. The van der Waals surface area contributed by atoms with Gasteiger partial charge in [-0.05, 0) is 31.9 Å². The standard InChI is InChI=1S/C19H19N5O3/c1-12-16(17(25)21-19(18(26)27)8-2-3-9-19)22-23-24(12)15-6-4-5-13-11-20-10-7-14(13)15/h4-7,10-11H,2-3,8-9H2,1H3,(H,21,25)(H,26,27). The molecule has 1 aliphatic carbocycles. The van der Waals surface area contributed by atoms with Gasteiger partial charge in [0.05, 0.1) is 11.4 Å². The summed E-state index contributed by atoms with van der Waals surface area (Å²) < 4.78 is 1.60. The molecule has 2 heterocycles. The number of nitrogens with zero attached hydrogens (tertiary/aromatic N) is 4. The molecule has 8 nitrogen and oxygen atoms in total. The van der Waals surface area contributed by atoms with Crippen LogP contribution >= 0.6 is 0 Å². The number of amides is 1. The van der Waals surface area contributed by atoms with E-state index in [1.165, 1.54) is 0 Å². The number of carbonyl (C=O) groups is 2. The maximum atomic E-state index is 12.7. The Bertz CT molecular complexity index is 1030. The lowest BCUT2D eigenvalue weighted by Gasteiger charge is -2.24. The van der Waals surface area contributed by atoms with Crippen LogP contribution in [0.4, 0.5) is 0 Å². The second-order valence-electron chi connectivity index (χ2n) is 6.86. The average Bonchev–Trinajstić information content (AvgIpc) is 3.29. The topological polar surface area (TPSA) is 110 Å². The molecule has 0 saturated heterocycles. The number of rotatable bonds is 4. The number of benzene rings is 1.